The summed E-state index contributed by atoms with van der Waals surface area (Å²) in [6.45, 7) is 0.639. The number of methoxy groups -OCH3 is 1. The Morgan fingerprint density at radius 2 is 2.04 bits per heavy atom. The Labute approximate surface area is 138 Å². The van der Waals surface area contributed by atoms with Crippen LogP contribution in [0.15, 0.2) is 28.7 Å². The minimum absolute atomic E-state index is 0.00776. The van der Waals surface area contributed by atoms with Gasteiger partial charge in [-0.3, -0.25) is 9.69 Å². The van der Waals surface area contributed by atoms with Crippen LogP contribution in [0.2, 0.25) is 0 Å². The molecule has 0 spiro atoms. The zero-order chi connectivity index (χ0) is 16.7. The molecule has 24 heavy (non-hydrogen) atoms. The highest BCUT2D eigenvalue weighted by molar-refractivity contribution is 6.04. The smallest absolute Gasteiger partial charge is 0.327 e. The van der Waals surface area contributed by atoms with Gasteiger partial charge in [-0.05, 0) is 37.1 Å². The minimum atomic E-state index is -0.318. The molecule has 4 rings (SSSR count). The van der Waals surface area contributed by atoms with Gasteiger partial charge in [0.1, 0.15) is 18.3 Å². The second kappa shape index (κ2) is 5.63. The van der Waals surface area contributed by atoms with Crippen molar-refractivity contribution in [3.63, 3.8) is 0 Å². The van der Waals surface area contributed by atoms with E-state index in [1.54, 1.807) is 36.3 Å². The largest absolute Gasteiger partial charge is 0.497 e. The Balaban J connectivity index is 1.51. The van der Waals surface area contributed by atoms with Crippen LogP contribution in [0.5, 0.6) is 5.75 Å². The molecule has 2 aromatic rings. The van der Waals surface area contributed by atoms with Crippen molar-refractivity contribution in [2.24, 2.45) is 0 Å². The first kappa shape index (κ1) is 14.7. The topological polar surface area (TPSA) is 88.8 Å². The molecule has 0 saturated carbocycles. The maximum absolute atomic E-state index is 12.3. The maximum atomic E-state index is 12.3. The molecule has 0 bridgehead atoms. The predicted octanol–water partition coefficient (Wildman–Crippen LogP) is 1.67. The number of ether oxygens (including phenoxy) is 1. The van der Waals surface area contributed by atoms with Gasteiger partial charge in [-0.1, -0.05) is 0 Å². The molecule has 124 valence electrons. The molecule has 0 radical (unpaired) electrons. The Morgan fingerprint density at radius 3 is 2.75 bits per heavy atom. The van der Waals surface area contributed by atoms with Gasteiger partial charge in [0.15, 0.2) is 0 Å². The highest BCUT2D eigenvalue weighted by Gasteiger charge is 2.47. The molecule has 1 aromatic carbocycles. The summed E-state index contributed by atoms with van der Waals surface area (Å²) < 4.78 is 10.7. The molecule has 0 N–H and O–H groups in total. The van der Waals surface area contributed by atoms with Gasteiger partial charge in [0.2, 0.25) is 11.8 Å². The normalized spacial score (nSPS) is 20.0. The Morgan fingerprint density at radius 1 is 1.25 bits per heavy atom. The van der Waals surface area contributed by atoms with Gasteiger partial charge in [0.25, 0.3) is 5.91 Å². The van der Waals surface area contributed by atoms with Crippen molar-refractivity contribution < 1.29 is 18.7 Å². The van der Waals surface area contributed by atoms with Crippen LogP contribution in [0, 0.1) is 0 Å². The zero-order valence-corrected chi connectivity index (χ0v) is 13.1. The SMILES string of the molecule is COc1ccc(-c2nnc(CN3C(=O)[C@H]4CCCN4C3=O)o2)cc1. The van der Waals surface area contributed by atoms with Crippen LogP contribution in [0.3, 0.4) is 0 Å². The first-order chi connectivity index (χ1) is 11.7. The van der Waals surface area contributed by atoms with E-state index in [1.807, 2.05) is 0 Å². The molecular weight excluding hydrogens is 312 g/mol. The third kappa shape index (κ3) is 2.31. The third-order valence-electron chi connectivity index (χ3n) is 4.38. The van der Waals surface area contributed by atoms with E-state index in [1.165, 1.54) is 4.90 Å². The van der Waals surface area contributed by atoms with Crippen molar-refractivity contribution in [1.82, 2.24) is 20.0 Å². The van der Waals surface area contributed by atoms with Crippen LogP contribution in [-0.4, -0.2) is 51.6 Å². The number of aromatic nitrogens is 2. The highest BCUT2D eigenvalue weighted by atomic mass is 16.5. The number of rotatable bonds is 4. The maximum Gasteiger partial charge on any atom is 0.327 e. The van der Waals surface area contributed by atoms with Crippen LogP contribution in [0.1, 0.15) is 18.7 Å². The molecule has 8 heteroatoms. The lowest BCUT2D eigenvalue weighted by molar-refractivity contribution is -0.128. The third-order valence-corrected chi connectivity index (χ3v) is 4.38. The zero-order valence-electron chi connectivity index (χ0n) is 13.1. The number of hydrogen-bond donors (Lipinski definition) is 0. The van der Waals surface area contributed by atoms with E-state index in [-0.39, 0.29) is 30.4 Å². The molecule has 0 aliphatic carbocycles. The molecule has 8 nitrogen and oxygen atoms in total. The van der Waals surface area contributed by atoms with Crippen LogP contribution >= 0.6 is 0 Å². The van der Waals surface area contributed by atoms with Crippen LogP contribution in [0.4, 0.5) is 4.79 Å². The Bertz CT molecular complexity index is 764. The summed E-state index contributed by atoms with van der Waals surface area (Å²) in [6, 6.07) is 6.60. The standard InChI is InChI=1S/C16H16N4O4/c1-23-11-6-4-10(5-7-11)14-18-17-13(24-14)9-20-15(21)12-3-2-8-19(12)16(20)22/h4-7,12H,2-3,8-9H2,1H3/t12-/m1/s1. The number of carbonyl (C=O) groups is 2. The van der Waals surface area contributed by atoms with Crippen molar-refractivity contribution in [3.05, 3.63) is 30.2 Å². The van der Waals surface area contributed by atoms with E-state index in [9.17, 15) is 9.59 Å². The number of nitrogens with zero attached hydrogens (tertiary/aromatic N) is 4. The average Bonchev–Trinajstić information content (AvgIpc) is 3.31. The van der Waals surface area contributed by atoms with Crippen LogP contribution in [-0.2, 0) is 11.3 Å². The molecule has 1 aromatic heterocycles. The van der Waals surface area contributed by atoms with Crippen molar-refractivity contribution >= 4 is 11.9 Å². The van der Waals surface area contributed by atoms with Gasteiger partial charge in [0.05, 0.1) is 7.11 Å². The number of imide groups is 1. The van der Waals surface area contributed by atoms with Gasteiger partial charge in [0, 0.05) is 12.1 Å². The van der Waals surface area contributed by atoms with Gasteiger partial charge >= 0.3 is 6.03 Å². The van der Waals surface area contributed by atoms with Crippen LogP contribution in [0.25, 0.3) is 11.5 Å². The van der Waals surface area contributed by atoms with E-state index in [0.717, 1.165) is 24.2 Å². The van der Waals surface area contributed by atoms with Crippen molar-refractivity contribution in [2.75, 3.05) is 13.7 Å². The molecule has 3 amide bonds. The first-order valence-corrected chi connectivity index (χ1v) is 7.76. The number of hydrogen-bond acceptors (Lipinski definition) is 6. The van der Waals surface area contributed by atoms with E-state index in [4.69, 9.17) is 9.15 Å². The fourth-order valence-electron chi connectivity index (χ4n) is 3.13. The monoisotopic (exact) mass is 328 g/mol. The Kier molecular flexibility index (Phi) is 3.44. The van der Waals surface area contributed by atoms with Gasteiger partial charge in [-0.2, -0.15) is 0 Å². The van der Waals surface area contributed by atoms with E-state index < -0.39 is 0 Å². The molecule has 2 fully saturated rings. The molecule has 1 atom stereocenters. The van der Waals surface area contributed by atoms with Gasteiger partial charge in [-0.15, -0.1) is 10.2 Å². The minimum Gasteiger partial charge on any atom is -0.497 e. The lowest BCUT2D eigenvalue weighted by atomic mass is 10.2. The average molecular weight is 328 g/mol. The summed E-state index contributed by atoms with van der Waals surface area (Å²) in [5.74, 6) is 1.13. The molecule has 2 saturated heterocycles. The fraction of sp³-hybridized carbons (Fsp3) is 0.375. The van der Waals surface area contributed by atoms with Crippen molar-refractivity contribution in [1.29, 1.82) is 0 Å². The molecule has 2 aliphatic heterocycles. The highest BCUT2D eigenvalue weighted by Crippen LogP contribution is 2.29. The fourth-order valence-corrected chi connectivity index (χ4v) is 3.13. The summed E-state index contributed by atoms with van der Waals surface area (Å²) in [7, 11) is 1.59. The summed E-state index contributed by atoms with van der Waals surface area (Å²) in [6.07, 6.45) is 1.60. The summed E-state index contributed by atoms with van der Waals surface area (Å²) in [4.78, 5) is 27.4. The van der Waals surface area contributed by atoms with Gasteiger partial charge < -0.3 is 14.1 Å². The molecule has 3 heterocycles. The predicted molar refractivity (Wildman–Crippen MR) is 82.0 cm³/mol. The number of urea groups is 1. The quantitative estimate of drug-likeness (QED) is 0.793. The molecular formula is C16H16N4O4. The van der Waals surface area contributed by atoms with Gasteiger partial charge in [-0.25, -0.2) is 4.79 Å². The number of benzene rings is 1. The van der Waals surface area contributed by atoms with E-state index in [0.29, 0.717) is 12.4 Å². The second-order valence-electron chi connectivity index (χ2n) is 5.79. The number of fused-ring (bicyclic) bond motifs is 1. The molecule has 2 aliphatic rings. The van der Waals surface area contributed by atoms with E-state index in [2.05, 4.69) is 10.2 Å². The number of carbonyl (C=O) groups excluding carboxylic acids is 2. The molecule has 0 unspecified atom stereocenters. The lowest BCUT2D eigenvalue weighted by Crippen LogP contribution is -2.32. The van der Waals surface area contributed by atoms with E-state index >= 15 is 0 Å². The lowest BCUT2D eigenvalue weighted by Gasteiger charge is -2.13. The first-order valence-electron chi connectivity index (χ1n) is 7.76. The van der Waals surface area contributed by atoms with Crippen molar-refractivity contribution in [3.8, 4) is 17.2 Å². The second-order valence-corrected chi connectivity index (χ2v) is 5.79. The van der Waals surface area contributed by atoms with Crippen molar-refractivity contribution in [2.45, 2.75) is 25.4 Å². The number of amides is 3. The Hall–Kier alpha value is -2.90. The summed E-state index contributed by atoms with van der Waals surface area (Å²) in [5, 5.41) is 7.93. The summed E-state index contributed by atoms with van der Waals surface area (Å²) in [5.41, 5.74) is 0.745. The van der Waals surface area contributed by atoms with Crippen LogP contribution < -0.4 is 4.74 Å². The summed E-state index contributed by atoms with van der Waals surface area (Å²) >= 11 is 0.